The Balaban J connectivity index is 1.90. The minimum absolute atomic E-state index is 0.00425. The molecule has 6 heteroatoms. The molecular weight excluding hydrogens is 552 g/mol. The summed E-state index contributed by atoms with van der Waals surface area (Å²) in [5.41, 5.74) is 4.25. The highest BCUT2D eigenvalue weighted by atomic mass is 79.9. The molecule has 0 heterocycles. The first-order valence-electron chi connectivity index (χ1n) is 13.5. The van der Waals surface area contributed by atoms with Gasteiger partial charge in [-0.05, 0) is 63.0 Å². The summed E-state index contributed by atoms with van der Waals surface area (Å²) in [6.07, 6.45) is 0.409. The molecule has 0 aliphatic heterocycles. The number of carbonyl (C=O) groups is 2. The topological polar surface area (TPSA) is 58.6 Å². The highest BCUT2D eigenvalue weighted by molar-refractivity contribution is 9.10. The number of hydrogen-bond acceptors (Lipinski definition) is 3. The molecule has 1 atom stereocenters. The van der Waals surface area contributed by atoms with Gasteiger partial charge in [-0.15, -0.1) is 0 Å². The van der Waals surface area contributed by atoms with Crippen LogP contribution in [0.25, 0.3) is 0 Å². The van der Waals surface area contributed by atoms with Crippen molar-refractivity contribution in [3.63, 3.8) is 0 Å². The van der Waals surface area contributed by atoms with E-state index in [2.05, 4.69) is 55.9 Å². The van der Waals surface area contributed by atoms with E-state index >= 15 is 0 Å². The van der Waals surface area contributed by atoms with Crippen LogP contribution in [0.5, 0.6) is 5.75 Å². The number of nitrogens with one attached hydrogen (secondary N) is 1. The maximum Gasteiger partial charge on any atom is 0.261 e. The van der Waals surface area contributed by atoms with Gasteiger partial charge in [0, 0.05) is 19.5 Å². The third-order valence-corrected chi connectivity index (χ3v) is 7.20. The SMILES string of the molecule is Cc1ccc(CN(C(=O)COc2ccc(C(C)(C)C)cc2Br)C(Cc2ccccc2)C(=O)NCC(C)C)cc1. The largest absolute Gasteiger partial charge is 0.483 e. The molecular formula is C33H41BrN2O3. The van der Waals surface area contributed by atoms with Gasteiger partial charge in [-0.25, -0.2) is 0 Å². The third kappa shape index (κ3) is 9.24. The Bertz CT molecular complexity index is 1230. The third-order valence-electron chi connectivity index (χ3n) is 6.58. The summed E-state index contributed by atoms with van der Waals surface area (Å²) in [5, 5.41) is 3.05. The van der Waals surface area contributed by atoms with Crippen LogP contribution in [0, 0.1) is 12.8 Å². The van der Waals surface area contributed by atoms with Crippen LogP contribution in [0.2, 0.25) is 0 Å². The quantitative estimate of drug-likeness (QED) is 0.265. The van der Waals surface area contributed by atoms with Crippen LogP contribution in [0.3, 0.4) is 0 Å². The number of hydrogen-bond donors (Lipinski definition) is 1. The van der Waals surface area contributed by atoms with Crippen LogP contribution >= 0.6 is 15.9 Å². The first-order chi connectivity index (χ1) is 18.4. The van der Waals surface area contributed by atoms with Gasteiger partial charge < -0.3 is 15.0 Å². The van der Waals surface area contributed by atoms with Crippen LogP contribution in [0.4, 0.5) is 0 Å². The lowest BCUT2D eigenvalue weighted by Gasteiger charge is -2.32. The van der Waals surface area contributed by atoms with Gasteiger partial charge in [0.05, 0.1) is 4.47 Å². The number of halogens is 1. The van der Waals surface area contributed by atoms with Gasteiger partial charge in [0.2, 0.25) is 5.91 Å². The number of carbonyl (C=O) groups excluding carboxylic acids is 2. The summed E-state index contributed by atoms with van der Waals surface area (Å²) in [6, 6.07) is 23.1. The number of ether oxygens (including phenoxy) is 1. The molecule has 3 aromatic carbocycles. The van der Waals surface area contributed by atoms with Crippen molar-refractivity contribution >= 4 is 27.7 Å². The van der Waals surface area contributed by atoms with Gasteiger partial charge in [0.15, 0.2) is 6.61 Å². The summed E-state index contributed by atoms with van der Waals surface area (Å²) in [5.74, 6) is 0.478. The van der Waals surface area contributed by atoms with Crippen molar-refractivity contribution in [2.24, 2.45) is 5.92 Å². The van der Waals surface area contributed by atoms with E-state index in [0.29, 0.717) is 31.2 Å². The van der Waals surface area contributed by atoms with E-state index in [1.54, 1.807) is 4.90 Å². The van der Waals surface area contributed by atoms with Crippen molar-refractivity contribution in [2.75, 3.05) is 13.2 Å². The minimum atomic E-state index is -0.685. The molecule has 3 aromatic rings. The first-order valence-corrected chi connectivity index (χ1v) is 14.3. The van der Waals surface area contributed by atoms with Crippen molar-refractivity contribution in [1.82, 2.24) is 10.2 Å². The first kappa shape index (κ1) is 30.4. The van der Waals surface area contributed by atoms with E-state index in [1.807, 2.05) is 79.7 Å². The smallest absolute Gasteiger partial charge is 0.261 e. The number of amides is 2. The zero-order chi connectivity index (χ0) is 28.6. The fourth-order valence-electron chi connectivity index (χ4n) is 4.17. The average Bonchev–Trinajstić information content (AvgIpc) is 2.89. The zero-order valence-corrected chi connectivity index (χ0v) is 25.5. The molecule has 2 amide bonds. The lowest BCUT2D eigenvalue weighted by Crippen LogP contribution is -2.52. The molecule has 0 saturated heterocycles. The monoisotopic (exact) mass is 592 g/mol. The normalized spacial score (nSPS) is 12.2. The second-order valence-corrected chi connectivity index (χ2v) is 12.4. The van der Waals surface area contributed by atoms with Crippen molar-refractivity contribution in [3.8, 4) is 5.75 Å². The molecule has 0 spiro atoms. The fourth-order valence-corrected chi connectivity index (χ4v) is 4.67. The molecule has 0 fully saturated rings. The van der Waals surface area contributed by atoms with Crippen LogP contribution in [-0.4, -0.2) is 35.9 Å². The van der Waals surface area contributed by atoms with Crippen molar-refractivity contribution in [1.29, 1.82) is 0 Å². The summed E-state index contributed by atoms with van der Waals surface area (Å²) in [6.45, 7) is 13.3. The van der Waals surface area contributed by atoms with E-state index in [-0.39, 0.29) is 23.8 Å². The molecule has 0 bridgehead atoms. The minimum Gasteiger partial charge on any atom is -0.483 e. The molecule has 208 valence electrons. The molecule has 0 saturated carbocycles. The van der Waals surface area contributed by atoms with Crippen LogP contribution in [-0.2, 0) is 28.0 Å². The Kier molecular flexibility index (Phi) is 10.8. The Morgan fingerprint density at radius 3 is 2.21 bits per heavy atom. The van der Waals surface area contributed by atoms with Crippen LogP contribution in [0.1, 0.15) is 56.9 Å². The van der Waals surface area contributed by atoms with Gasteiger partial charge in [0.25, 0.3) is 5.91 Å². The highest BCUT2D eigenvalue weighted by Crippen LogP contribution is 2.31. The van der Waals surface area contributed by atoms with Gasteiger partial charge in [0.1, 0.15) is 11.8 Å². The molecule has 3 rings (SSSR count). The number of benzene rings is 3. The maximum absolute atomic E-state index is 13.8. The molecule has 5 nitrogen and oxygen atoms in total. The zero-order valence-electron chi connectivity index (χ0n) is 24.0. The summed E-state index contributed by atoms with van der Waals surface area (Å²) >= 11 is 3.60. The van der Waals surface area contributed by atoms with Gasteiger partial charge in [-0.2, -0.15) is 0 Å². The van der Waals surface area contributed by atoms with E-state index in [1.165, 1.54) is 5.56 Å². The van der Waals surface area contributed by atoms with Gasteiger partial charge >= 0.3 is 0 Å². The van der Waals surface area contributed by atoms with Gasteiger partial charge in [-0.1, -0.05) is 101 Å². The Hall–Kier alpha value is -3.12. The van der Waals surface area contributed by atoms with Crippen molar-refractivity contribution in [3.05, 3.63) is 99.5 Å². The Morgan fingerprint density at radius 1 is 0.949 bits per heavy atom. The highest BCUT2D eigenvalue weighted by Gasteiger charge is 2.31. The maximum atomic E-state index is 13.8. The lowest BCUT2D eigenvalue weighted by atomic mass is 9.87. The molecule has 0 aliphatic rings. The fraction of sp³-hybridized carbons (Fsp3) is 0.394. The molecule has 0 aromatic heterocycles. The molecule has 1 N–H and O–H groups in total. The van der Waals surface area contributed by atoms with E-state index in [4.69, 9.17) is 4.74 Å². The number of rotatable bonds is 11. The van der Waals surface area contributed by atoms with Crippen molar-refractivity contribution < 1.29 is 14.3 Å². The number of nitrogens with zero attached hydrogens (tertiary/aromatic N) is 1. The molecule has 39 heavy (non-hydrogen) atoms. The second kappa shape index (κ2) is 13.8. The summed E-state index contributed by atoms with van der Waals surface area (Å²) in [4.78, 5) is 29.0. The summed E-state index contributed by atoms with van der Waals surface area (Å²) < 4.78 is 6.81. The standard InChI is InChI=1S/C33H41BrN2O3/c1-23(2)20-35-32(38)29(18-25-10-8-7-9-11-25)36(21-26-14-12-24(3)13-15-26)31(37)22-39-30-17-16-27(19-28(30)34)33(4,5)6/h7-17,19,23,29H,18,20-22H2,1-6H3,(H,35,38). The predicted octanol–water partition coefficient (Wildman–Crippen LogP) is 6.85. The van der Waals surface area contributed by atoms with Crippen molar-refractivity contribution in [2.45, 2.75) is 66.0 Å². The van der Waals surface area contributed by atoms with Crippen LogP contribution in [0.15, 0.2) is 77.3 Å². The van der Waals surface area contributed by atoms with E-state index in [9.17, 15) is 9.59 Å². The average molecular weight is 594 g/mol. The Morgan fingerprint density at radius 2 is 1.62 bits per heavy atom. The van der Waals surface area contributed by atoms with Crippen LogP contribution < -0.4 is 10.1 Å². The summed E-state index contributed by atoms with van der Waals surface area (Å²) in [7, 11) is 0. The van der Waals surface area contributed by atoms with E-state index < -0.39 is 6.04 Å². The lowest BCUT2D eigenvalue weighted by molar-refractivity contribution is -0.142. The van der Waals surface area contributed by atoms with Gasteiger partial charge in [-0.3, -0.25) is 9.59 Å². The molecule has 0 radical (unpaired) electrons. The predicted molar refractivity (Wildman–Crippen MR) is 162 cm³/mol. The second-order valence-electron chi connectivity index (χ2n) is 11.5. The molecule has 1 unspecified atom stereocenters. The van der Waals surface area contributed by atoms with E-state index in [0.717, 1.165) is 21.2 Å². The molecule has 0 aliphatic carbocycles. The Labute approximate surface area is 242 Å². The number of aryl methyl sites for hydroxylation is 1.